The van der Waals surface area contributed by atoms with Gasteiger partial charge in [-0.25, -0.2) is 0 Å². The minimum Gasteiger partial charge on any atom is -0.330 e. The maximum atomic E-state index is 5.68. The summed E-state index contributed by atoms with van der Waals surface area (Å²) in [6.45, 7) is 6.12. The van der Waals surface area contributed by atoms with Gasteiger partial charge in [0.25, 0.3) is 0 Å². The molecule has 0 saturated carbocycles. The lowest BCUT2D eigenvalue weighted by Crippen LogP contribution is -2.22. The quantitative estimate of drug-likeness (QED) is 0.633. The molecule has 2 N–H and O–H groups in total. The molecule has 12 heavy (non-hydrogen) atoms. The molecule has 0 heterocycles. The van der Waals surface area contributed by atoms with Crippen molar-refractivity contribution in [2.24, 2.45) is 11.7 Å². The van der Waals surface area contributed by atoms with Gasteiger partial charge in [-0.15, -0.1) is 0 Å². The number of nitrogens with zero attached hydrogens (tertiary/aromatic N) is 1. The van der Waals surface area contributed by atoms with E-state index in [9.17, 15) is 0 Å². The Morgan fingerprint density at radius 1 is 1.50 bits per heavy atom. The second-order valence-corrected chi connectivity index (χ2v) is 3.56. The Bertz CT molecular complexity index is 139. The van der Waals surface area contributed by atoms with Crippen LogP contribution < -0.4 is 5.73 Å². The number of allylic oxidation sites excluding steroid dienone is 1. The average molecular weight is 170 g/mol. The van der Waals surface area contributed by atoms with E-state index >= 15 is 0 Å². The van der Waals surface area contributed by atoms with Crippen molar-refractivity contribution < 1.29 is 0 Å². The van der Waals surface area contributed by atoms with Gasteiger partial charge in [0.15, 0.2) is 0 Å². The molecule has 0 bridgehead atoms. The zero-order chi connectivity index (χ0) is 9.56. The van der Waals surface area contributed by atoms with Gasteiger partial charge in [-0.2, -0.15) is 0 Å². The molecule has 0 radical (unpaired) electrons. The van der Waals surface area contributed by atoms with Gasteiger partial charge in [0.1, 0.15) is 0 Å². The highest BCUT2D eigenvalue weighted by Gasteiger charge is 2.07. The topological polar surface area (TPSA) is 29.3 Å². The lowest BCUT2D eigenvalue weighted by atomic mass is 9.97. The molecule has 0 fully saturated rings. The molecule has 0 aromatic heterocycles. The van der Waals surface area contributed by atoms with Gasteiger partial charge in [0.05, 0.1) is 0 Å². The number of hydrogen-bond acceptors (Lipinski definition) is 2. The fourth-order valence-corrected chi connectivity index (χ4v) is 1.18. The normalized spacial score (nSPS) is 15.3. The summed E-state index contributed by atoms with van der Waals surface area (Å²) >= 11 is 0. The first-order valence-electron chi connectivity index (χ1n) is 4.59. The third-order valence-corrected chi connectivity index (χ3v) is 2.31. The van der Waals surface area contributed by atoms with Crippen LogP contribution >= 0.6 is 0 Å². The molecule has 2 heteroatoms. The Kier molecular flexibility index (Phi) is 6.03. The van der Waals surface area contributed by atoms with E-state index in [0.29, 0.717) is 5.92 Å². The van der Waals surface area contributed by atoms with Gasteiger partial charge < -0.3 is 10.6 Å². The first-order chi connectivity index (χ1) is 5.61. The maximum absolute atomic E-state index is 5.68. The molecule has 2 nitrogen and oxygen atoms in total. The molecule has 1 unspecified atom stereocenters. The van der Waals surface area contributed by atoms with Gasteiger partial charge in [0, 0.05) is 0 Å². The van der Waals surface area contributed by atoms with Crippen molar-refractivity contribution in [3.05, 3.63) is 11.6 Å². The third kappa shape index (κ3) is 4.52. The van der Waals surface area contributed by atoms with E-state index in [2.05, 4.69) is 38.9 Å². The van der Waals surface area contributed by atoms with Crippen molar-refractivity contribution in [3.63, 3.8) is 0 Å². The molecule has 0 amide bonds. The van der Waals surface area contributed by atoms with Gasteiger partial charge in [-0.05, 0) is 53.4 Å². The van der Waals surface area contributed by atoms with Crippen LogP contribution in [0.3, 0.4) is 0 Å². The van der Waals surface area contributed by atoms with Crippen molar-refractivity contribution >= 4 is 0 Å². The van der Waals surface area contributed by atoms with Gasteiger partial charge in [-0.3, -0.25) is 0 Å². The smallest absolute Gasteiger partial charge is 0.00111 e. The summed E-state index contributed by atoms with van der Waals surface area (Å²) in [7, 11) is 4.19. The van der Waals surface area contributed by atoms with E-state index in [-0.39, 0.29) is 0 Å². The maximum Gasteiger partial charge on any atom is -0.00111 e. The van der Waals surface area contributed by atoms with E-state index in [1.54, 1.807) is 0 Å². The monoisotopic (exact) mass is 170 g/mol. The van der Waals surface area contributed by atoms with Gasteiger partial charge >= 0.3 is 0 Å². The fraction of sp³-hybridized carbons (Fsp3) is 0.800. The largest absolute Gasteiger partial charge is 0.330 e. The molecular weight excluding hydrogens is 148 g/mol. The van der Waals surface area contributed by atoms with Crippen LogP contribution in [0.25, 0.3) is 0 Å². The molecular formula is C10H22N2. The first kappa shape index (κ1) is 11.7. The molecule has 1 atom stereocenters. The number of nitrogens with two attached hydrogens (primary N) is 1. The minimum absolute atomic E-state index is 0.567. The van der Waals surface area contributed by atoms with Crippen LogP contribution in [0.15, 0.2) is 11.6 Å². The molecule has 0 spiro atoms. The SMILES string of the molecule is CC=C(C)C(CN)CCN(C)C. The summed E-state index contributed by atoms with van der Waals surface area (Å²) in [6, 6.07) is 0. The summed E-state index contributed by atoms with van der Waals surface area (Å²) in [5, 5.41) is 0. The molecule has 0 aliphatic carbocycles. The van der Waals surface area contributed by atoms with Gasteiger partial charge in [-0.1, -0.05) is 11.6 Å². The van der Waals surface area contributed by atoms with Crippen LogP contribution in [-0.2, 0) is 0 Å². The molecule has 72 valence electrons. The lowest BCUT2D eigenvalue weighted by molar-refractivity contribution is 0.369. The van der Waals surface area contributed by atoms with E-state index in [1.165, 1.54) is 12.0 Å². The minimum atomic E-state index is 0.567. The van der Waals surface area contributed by atoms with Crippen LogP contribution in [0.2, 0.25) is 0 Å². The van der Waals surface area contributed by atoms with Crippen LogP contribution in [0, 0.1) is 5.92 Å². The zero-order valence-corrected chi connectivity index (χ0v) is 8.80. The highest BCUT2D eigenvalue weighted by molar-refractivity contribution is 5.02. The zero-order valence-electron chi connectivity index (χ0n) is 8.80. The van der Waals surface area contributed by atoms with Crippen molar-refractivity contribution in [1.82, 2.24) is 4.90 Å². The van der Waals surface area contributed by atoms with Crippen LogP contribution in [0.5, 0.6) is 0 Å². The Morgan fingerprint density at radius 2 is 2.08 bits per heavy atom. The van der Waals surface area contributed by atoms with Crippen LogP contribution in [-0.4, -0.2) is 32.1 Å². The van der Waals surface area contributed by atoms with E-state index in [4.69, 9.17) is 5.73 Å². The standard InChI is InChI=1S/C10H22N2/c1-5-9(2)10(8-11)6-7-12(3)4/h5,10H,6-8,11H2,1-4H3. The summed E-state index contributed by atoms with van der Waals surface area (Å²) in [6.07, 6.45) is 3.33. The Balaban J connectivity index is 3.84. The van der Waals surface area contributed by atoms with Crippen molar-refractivity contribution in [1.29, 1.82) is 0 Å². The first-order valence-corrected chi connectivity index (χ1v) is 4.59. The lowest BCUT2D eigenvalue weighted by Gasteiger charge is -2.18. The van der Waals surface area contributed by atoms with Crippen molar-refractivity contribution in [2.75, 3.05) is 27.2 Å². The molecule has 0 aromatic rings. The summed E-state index contributed by atoms with van der Waals surface area (Å²) < 4.78 is 0. The Labute approximate surface area is 76.4 Å². The fourth-order valence-electron chi connectivity index (χ4n) is 1.18. The summed E-state index contributed by atoms with van der Waals surface area (Å²) in [5.41, 5.74) is 7.09. The molecule has 0 rings (SSSR count). The highest BCUT2D eigenvalue weighted by atomic mass is 15.0. The van der Waals surface area contributed by atoms with E-state index in [1.807, 2.05) is 0 Å². The Hall–Kier alpha value is -0.340. The van der Waals surface area contributed by atoms with Crippen molar-refractivity contribution in [2.45, 2.75) is 20.3 Å². The third-order valence-electron chi connectivity index (χ3n) is 2.31. The second-order valence-electron chi connectivity index (χ2n) is 3.56. The van der Waals surface area contributed by atoms with E-state index in [0.717, 1.165) is 13.1 Å². The van der Waals surface area contributed by atoms with Crippen molar-refractivity contribution in [3.8, 4) is 0 Å². The van der Waals surface area contributed by atoms with E-state index < -0.39 is 0 Å². The molecule has 0 aliphatic rings. The molecule has 0 saturated heterocycles. The summed E-state index contributed by atoms with van der Waals surface area (Å²) in [4.78, 5) is 2.20. The summed E-state index contributed by atoms with van der Waals surface area (Å²) in [5.74, 6) is 0.567. The van der Waals surface area contributed by atoms with Crippen LogP contribution in [0.4, 0.5) is 0 Å². The molecule has 0 aliphatic heterocycles. The Morgan fingerprint density at radius 3 is 2.42 bits per heavy atom. The predicted molar refractivity (Wildman–Crippen MR) is 55.1 cm³/mol. The number of hydrogen-bond donors (Lipinski definition) is 1. The highest BCUT2D eigenvalue weighted by Crippen LogP contribution is 2.12. The second kappa shape index (κ2) is 6.21. The number of rotatable bonds is 5. The van der Waals surface area contributed by atoms with Gasteiger partial charge in [0.2, 0.25) is 0 Å². The predicted octanol–water partition coefficient (Wildman–Crippen LogP) is 1.48. The molecule has 0 aromatic carbocycles. The van der Waals surface area contributed by atoms with Crippen LogP contribution in [0.1, 0.15) is 20.3 Å². The average Bonchev–Trinajstić information content (AvgIpc) is 2.04.